The summed E-state index contributed by atoms with van der Waals surface area (Å²) in [6.45, 7) is 0.571. The Hall–Kier alpha value is -2.59. The molecule has 0 aromatic heterocycles. The summed E-state index contributed by atoms with van der Waals surface area (Å²) in [4.78, 5) is 15.1. The van der Waals surface area contributed by atoms with Crippen LogP contribution in [-0.2, 0) is 4.79 Å². The summed E-state index contributed by atoms with van der Waals surface area (Å²) in [5.74, 6) is 0.861. The highest BCUT2D eigenvalue weighted by Crippen LogP contribution is 2.49. The Morgan fingerprint density at radius 1 is 1.10 bits per heavy atom. The first kappa shape index (κ1) is 19.7. The quantitative estimate of drug-likeness (QED) is 0.775. The van der Waals surface area contributed by atoms with Gasteiger partial charge in [-0.3, -0.25) is 4.79 Å². The van der Waals surface area contributed by atoms with E-state index in [1.165, 1.54) is 0 Å². The van der Waals surface area contributed by atoms with Crippen LogP contribution in [-0.4, -0.2) is 35.2 Å². The Bertz CT molecular complexity index is 861. The molecule has 1 aliphatic heterocycles. The third-order valence-electron chi connectivity index (χ3n) is 6.53. The predicted molar refractivity (Wildman–Crippen MR) is 114 cm³/mol. The molecule has 2 aromatic carbocycles. The Kier molecular flexibility index (Phi) is 5.72. The summed E-state index contributed by atoms with van der Waals surface area (Å²) in [7, 11) is 1.65. The monoisotopic (exact) mass is 391 g/mol. The standard InChI is InChI=1S/C25H29NO3/c1-29-21-13-11-20(12-14-21)24-22-9-5-6-16-25(22,28)17-18-26(24)23(27)15-10-19-7-3-2-4-8-19/h2-4,7-8,10-15,22,24,28H,5-6,9,16-18H2,1H3/b15-10+/t22-,24+,25+/m1/s1. The Labute approximate surface area is 172 Å². The molecule has 0 radical (unpaired) electrons. The van der Waals surface area contributed by atoms with Gasteiger partial charge in [-0.2, -0.15) is 0 Å². The fourth-order valence-corrected chi connectivity index (χ4v) is 4.97. The number of methoxy groups -OCH3 is 1. The summed E-state index contributed by atoms with van der Waals surface area (Å²) >= 11 is 0. The molecule has 1 saturated carbocycles. The van der Waals surface area contributed by atoms with Gasteiger partial charge in [-0.1, -0.05) is 55.3 Å². The van der Waals surface area contributed by atoms with Crippen molar-refractivity contribution < 1.29 is 14.6 Å². The fourth-order valence-electron chi connectivity index (χ4n) is 4.97. The number of hydrogen-bond acceptors (Lipinski definition) is 3. The van der Waals surface area contributed by atoms with E-state index in [9.17, 15) is 9.90 Å². The molecule has 0 unspecified atom stereocenters. The lowest BCUT2D eigenvalue weighted by molar-refractivity contribution is -0.150. The van der Waals surface area contributed by atoms with Crippen LogP contribution in [0.4, 0.5) is 0 Å². The summed E-state index contributed by atoms with van der Waals surface area (Å²) in [5, 5.41) is 11.4. The maximum Gasteiger partial charge on any atom is 0.247 e. The number of nitrogens with zero attached hydrogens (tertiary/aromatic N) is 1. The normalized spacial score (nSPS) is 26.9. The lowest BCUT2D eigenvalue weighted by atomic mass is 9.66. The van der Waals surface area contributed by atoms with E-state index in [0.29, 0.717) is 13.0 Å². The third-order valence-corrected chi connectivity index (χ3v) is 6.53. The SMILES string of the molecule is COc1ccc([C@H]2[C@H]3CCCC[C@]3(O)CCN2C(=O)/C=C/c2ccccc2)cc1. The molecule has 2 aromatic rings. The number of fused-ring (bicyclic) bond motifs is 1. The largest absolute Gasteiger partial charge is 0.497 e. The number of aliphatic hydroxyl groups is 1. The van der Waals surface area contributed by atoms with Crippen molar-refractivity contribution in [2.24, 2.45) is 5.92 Å². The predicted octanol–water partition coefficient (Wildman–Crippen LogP) is 4.60. The first-order valence-corrected chi connectivity index (χ1v) is 10.5. The molecule has 1 aliphatic carbocycles. The van der Waals surface area contributed by atoms with E-state index in [1.807, 2.05) is 65.6 Å². The molecule has 2 fully saturated rings. The molecular formula is C25H29NO3. The molecule has 4 heteroatoms. The minimum atomic E-state index is -0.678. The average Bonchev–Trinajstić information content (AvgIpc) is 2.77. The fraction of sp³-hybridized carbons (Fsp3) is 0.400. The highest BCUT2D eigenvalue weighted by atomic mass is 16.5. The summed E-state index contributed by atoms with van der Waals surface area (Å²) in [6.07, 6.45) is 8.11. The van der Waals surface area contributed by atoms with Gasteiger partial charge in [0.1, 0.15) is 5.75 Å². The second-order valence-electron chi connectivity index (χ2n) is 8.20. The van der Waals surface area contributed by atoms with Crippen LogP contribution in [0.1, 0.15) is 49.3 Å². The lowest BCUT2D eigenvalue weighted by Crippen LogP contribution is -2.56. The van der Waals surface area contributed by atoms with E-state index in [-0.39, 0.29) is 17.9 Å². The minimum absolute atomic E-state index is 0.00212. The third kappa shape index (κ3) is 4.08. The van der Waals surface area contributed by atoms with E-state index < -0.39 is 5.60 Å². The number of carbonyl (C=O) groups excluding carboxylic acids is 1. The van der Waals surface area contributed by atoms with Crippen molar-refractivity contribution in [3.63, 3.8) is 0 Å². The average molecular weight is 392 g/mol. The summed E-state index contributed by atoms with van der Waals surface area (Å²) in [5.41, 5.74) is 1.40. The lowest BCUT2D eigenvalue weighted by Gasteiger charge is -2.52. The smallest absolute Gasteiger partial charge is 0.247 e. The van der Waals surface area contributed by atoms with Crippen molar-refractivity contribution in [3.8, 4) is 5.75 Å². The van der Waals surface area contributed by atoms with E-state index >= 15 is 0 Å². The molecular weight excluding hydrogens is 362 g/mol. The molecule has 0 spiro atoms. The topological polar surface area (TPSA) is 49.8 Å². The zero-order valence-corrected chi connectivity index (χ0v) is 17.0. The van der Waals surface area contributed by atoms with Gasteiger partial charge in [0.15, 0.2) is 0 Å². The van der Waals surface area contributed by atoms with Crippen molar-refractivity contribution in [1.82, 2.24) is 4.90 Å². The first-order valence-electron chi connectivity index (χ1n) is 10.5. The zero-order chi connectivity index (χ0) is 20.3. The van der Waals surface area contributed by atoms with Crippen LogP contribution in [0.5, 0.6) is 5.75 Å². The van der Waals surface area contributed by atoms with Crippen LogP contribution in [0.25, 0.3) is 6.08 Å². The molecule has 0 bridgehead atoms. The zero-order valence-electron chi connectivity index (χ0n) is 17.0. The van der Waals surface area contributed by atoms with Crippen molar-refractivity contribution in [2.75, 3.05) is 13.7 Å². The Balaban J connectivity index is 1.65. The maximum atomic E-state index is 13.2. The molecule has 152 valence electrons. The Morgan fingerprint density at radius 3 is 2.59 bits per heavy atom. The van der Waals surface area contributed by atoms with E-state index in [2.05, 4.69) is 0 Å². The molecule has 1 saturated heterocycles. The molecule has 29 heavy (non-hydrogen) atoms. The van der Waals surface area contributed by atoms with Crippen molar-refractivity contribution in [3.05, 3.63) is 71.8 Å². The van der Waals surface area contributed by atoms with E-state index in [1.54, 1.807) is 13.2 Å². The van der Waals surface area contributed by atoms with E-state index in [4.69, 9.17) is 4.74 Å². The second-order valence-corrected chi connectivity index (χ2v) is 8.20. The number of ether oxygens (including phenoxy) is 1. The highest BCUT2D eigenvalue weighted by Gasteiger charge is 2.49. The minimum Gasteiger partial charge on any atom is -0.497 e. The van der Waals surface area contributed by atoms with Gasteiger partial charge in [0.05, 0.1) is 18.8 Å². The van der Waals surface area contributed by atoms with Crippen LogP contribution >= 0.6 is 0 Å². The number of carbonyl (C=O) groups is 1. The molecule has 2 aliphatic rings. The van der Waals surface area contributed by atoms with Gasteiger partial charge in [0.2, 0.25) is 5.91 Å². The van der Waals surface area contributed by atoms with Crippen molar-refractivity contribution in [2.45, 2.75) is 43.7 Å². The Morgan fingerprint density at radius 2 is 1.86 bits per heavy atom. The summed E-state index contributed by atoms with van der Waals surface area (Å²) in [6, 6.07) is 17.7. The van der Waals surface area contributed by atoms with Crippen LogP contribution in [0.15, 0.2) is 60.7 Å². The first-order chi connectivity index (χ1) is 14.1. The van der Waals surface area contributed by atoms with Gasteiger partial charge in [0, 0.05) is 18.5 Å². The van der Waals surface area contributed by atoms with E-state index in [0.717, 1.165) is 42.6 Å². The molecule has 4 nitrogen and oxygen atoms in total. The number of hydrogen-bond donors (Lipinski definition) is 1. The maximum absolute atomic E-state index is 13.2. The molecule has 4 rings (SSSR count). The molecule has 1 N–H and O–H groups in total. The second kappa shape index (κ2) is 8.42. The van der Waals surface area contributed by atoms with Gasteiger partial charge in [-0.25, -0.2) is 0 Å². The molecule has 1 heterocycles. The van der Waals surface area contributed by atoms with Crippen LogP contribution < -0.4 is 4.74 Å². The molecule has 1 amide bonds. The van der Waals surface area contributed by atoms with Crippen molar-refractivity contribution in [1.29, 1.82) is 0 Å². The van der Waals surface area contributed by atoms with Crippen LogP contribution in [0, 0.1) is 5.92 Å². The summed E-state index contributed by atoms with van der Waals surface area (Å²) < 4.78 is 5.30. The number of likely N-dealkylation sites (tertiary alicyclic amines) is 1. The highest BCUT2D eigenvalue weighted by molar-refractivity contribution is 5.92. The number of amides is 1. The number of benzene rings is 2. The van der Waals surface area contributed by atoms with Gasteiger partial charge in [-0.15, -0.1) is 0 Å². The molecule has 3 atom stereocenters. The van der Waals surface area contributed by atoms with Gasteiger partial charge >= 0.3 is 0 Å². The van der Waals surface area contributed by atoms with Crippen LogP contribution in [0.2, 0.25) is 0 Å². The van der Waals surface area contributed by atoms with Gasteiger partial charge in [0.25, 0.3) is 0 Å². The number of piperidine rings is 1. The van der Waals surface area contributed by atoms with Crippen LogP contribution in [0.3, 0.4) is 0 Å². The van der Waals surface area contributed by atoms with Crippen molar-refractivity contribution >= 4 is 12.0 Å². The van der Waals surface area contributed by atoms with Gasteiger partial charge in [-0.05, 0) is 48.6 Å². The number of rotatable bonds is 4. The van der Waals surface area contributed by atoms with Gasteiger partial charge < -0.3 is 14.7 Å².